The smallest absolute Gasteiger partial charge is 0.337 e. The molecular formula is C27H48O10Si2. The highest BCUT2D eigenvalue weighted by Gasteiger charge is 2.52. The number of aliphatic hydroxyl groups is 5. The summed E-state index contributed by atoms with van der Waals surface area (Å²) in [5.74, 6) is -2.13. The minimum absolute atomic E-state index is 0.0602. The molecule has 39 heavy (non-hydrogen) atoms. The normalized spacial score (nSPS) is 35.6. The van der Waals surface area contributed by atoms with Gasteiger partial charge in [-0.2, -0.15) is 0 Å². The molecule has 10 nitrogen and oxygen atoms in total. The minimum Gasteiger partial charge on any atom is -0.460 e. The summed E-state index contributed by atoms with van der Waals surface area (Å²) in [5.41, 5.74) is 0.698. The van der Waals surface area contributed by atoms with Crippen molar-refractivity contribution in [2.24, 2.45) is 5.92 Å². The van der Waals surface area contributed by atoms with Crippen LogP contribution in [-0.4, -0.2) is 103 Å². The SMILES string of the molecule is CC[C@H]1OC(=O)[C@H](O[Si](C)(C)C)[C@@H](O[Si](C)(C)C)[C@@H]1C.OC[C@H]1O[C@@](O)(Cc2ccccc2)[C@H](O)[C@@H](O)[C@@H]1O. The molecule has 9 atom stereocenters. The van der Waals surface area contributed by atoms with E-state index in [0.717, 1.165) is 6.42 Å². The van der Waals surface area contributed by atoms with Crippen molar-refractivity contribution < 1.29 is 48.7 Å². The van der Waals surface area contributed by atoms with Gasteiger partial charge in [0, 0.05) is 12.3 Å². The first-order valence-corrected chi connectivity index (χ1v) is 20.4. The zero-order valence-electron chi connectivity index (χ0n) is 24.4. The maximum Gasteiger partial charge on any atom is 0.337 e. The lowest BCUT2D eigenvalue weighted by atomic mass is 9.89. The molecule has 2 heterocycles. The molecule has 0 unspecified atom stereocenters. The van der Waals surface area contributed by atoms with E-state index in [4.69, 9.17) is 23.4 Å². The molecule has 0 aromatic heterocycles. The second-order valence-electron chi connectivity index (χ2n) is 12.4. The van der Waals surface area contributed by atoms with E-state index in [1.807, 2.05) is 6.92 Å². The first kappa shape index (κ1) is 34.0. The van der Waals surface area contributed by atoms with E-state index in [2.05, 4.69) is 46.2 Å². The molecule has 0 spiro atoms. The van der Waals surface area contributed by atoms with Gasteiger partial charge in [0.25, 0.3) is 0 Å². The number of benzene rings is 1. The summed E-state index contributed by atoms with van der Waals surface area (Å²) in [6.45, 7) is 16.3. The van der Waals surface area contributed by atoms with Gasteiger partial charge in [0.2, 0.25) is 0 Å². The summed E-state index contributed by atoms with van der Waals surface area (Å²) in [6, 6.07) is 8.81. The van der Waals surface area contributed by atoms with Gasteiger partial charge >= 0.3 is 5.97 Å². The first-order chi connectivity index (χ1) is 17.9. The fraction of sp³-hybridized carbons (Fsp3) is 0.741. The van der Waals surface area contributed by atoms with Crippen molar-refractivity contribution in [2.45, 2.75) is 114 Å². The first-order valence-electron chi connectivity index (χ1n) is 13.6. The average Bonchev–Trinajstić information content (AvgIpc) is 2.84. The average molecular weight is 589 g/mol. The van der Waals surface area contributed by atoms with Crippen LogP contribution in [0.2, 0.25) is 39.3 Å². The van der Waals surface area contributed by atoms with Crippen LogP contribution in [0, 0.1) is 5.92 Å². The van der Waals surface area contributed by atoms with Crippen molar-refractivity contribution in [1.82, 2.24) is 0 Å². The van der Waals surface area contributed by atoms with Gasteiger partial charge in [0.1, 0.15) is 30.5 Å². The second kappa shape index (κ2) is 13.6. The molecule has 2 fully saturated rings. The number of rotatable bonds is 8. The van der Waals surface area contributed by atoms with E-state index < -0.39 is 59.5 Å². The third-order valence-electron chi connectivity index (χ3n) is 6.63. The van der Waals surface area contributed by atoms with Crippen LogP contribution in [0.15, 0.2) is 30.3 Å². The van der Waals surface area contributed by atoms with E-state index in [-0.39, 0.29) is 30.5 Å². The zero-order valence-corrected chi connectivity index (χ0v) is 26.4. The summed E-state index contributed by atoms with van der Waals surface area (Å²) < 4.78 is 23.1. The van der Waals surface area contributed by atoms with Gasteiger partial charge in [-0.1, -0.05) is 44.2 Å². The number of ether oxygens (including phenoxy) is 2. The number of aliphatic hydroxyl groups excluding tert-OH is 4. The monoisotopic (exact) mass is 588 g/mol. The lowest BCUT2D eigenvalue weighted by molar-refractivity contribution is -0.348. The van der Waals surface area contributed by atoms with E-state index in [0.29, 0.717) is 5.56 Å². The highest BCUT2D eigenvalue weighted by Crippen LogP contribution is 2.33. The zero-order chi connectivity index (χ0) is 29.8. The maximum atomic E-state index is 12.3. The van der Waals surface area contributed by atoms with Gasteiger partial charge in [-0.25, -0.2) is 4.79 Å². The summed E-state index contributed by atoms with van der Waals surface area (Å²) in [5, 5.41) is 48.6. The van der Waals surface area contributed by atoms with E-state index >= 15 is 0 Å². The van der Waals surface area contributed by atoms with Gasteiger partial charge in [-0.3, -0.25) is 0 Å². The van der Waals surface area contributed by atoms with Crippen molar-refractivity contribution in [2.75, 3.05) is 6.61 Å². The van der Waals surface area contributed by atoms with Gasteiger partial charge < -0.3 is 43.9 Å². The lowest BCUT2D eigenvalue weighted by Crippen LogP contribution is -2.65. The molecule has 2 aliphatic heterocycles. The molecule has 0 bridgehead atoms. The maximum absolute atomic E-state index is 12.3. The van der Waals surface area contributed by atoms with Crippen molar-refractivity contribution in [3.63, 3.8) is 0 Å². The summed E-state index contributed by atoms with van der Waals surface area (Å²) in [4.78, 5) is 12.3. The highest BCUT2D eigenvalue weighted by molar-refractivity contribution is 6.70. The second-order valence-corrected chi connectivity index (χ2v) is 21.3. The number of carbonyl (C=O) groups excluding carboxylic acids is 1. The molecule has 0 saturated carbocycles. The number of esters is 1. The Balaban J connectivity index is 0.000000274. The van der Waals surface area contributed by atoms with E-state index in [1.165, 1.54) is 0 Å². The van der Waals surface area contributed by atoms with Crippen molar-refractivity contribution in [1.29, 1.82) is 0 Å². The van der Waals surface area contributed by atoms with Gasteiger partial charge in [-0.15, -0.1) is 0 Å². The standard InChI is InChI=1S/C14H30O4Si2.C13H18O6/c1-9-11-10(2)12(17-19(3,4)5)13(14(15)16-11)18-20(6,7)8;14-7-9-10(15)11(16)12(17)13(18,19-9)6-8-4-2-1-3-5-8/h10-13H,9H2,1-8H3;1-5,9-12,14-18H,6-7H2/t10-,11-,12+,13-;9-,10-,11+,12-,13+/m11/s1. The van der Waals surface area contributed by atoms with Gasteiger partial charge in [0.05, 0.1) is 12.7 Å². The van der Waals surface area contributed by atoms with Crippen LogP contribution in [0.1, 0.15) is 25.8 Å². The van der Waals surface area contributed by atoms with Crippen LogP contribution >= 0.6 is 0 Å². The molecule has 0 aliphatic carbocycles. The number of cyclic esters (lactones) is 1. The number of carbonyl (C=O) groups is 1. The summed E-state index contributed by atoms with van der Waals surface area (Å²) >= 11 is 0. The fourth-order valence-electron chi connectivity index (χ4n) is 4.73. The molecule has 2 saturated heterocycles. The van der Waals surface area contributed by atoms with E-state index in [9.17, 15) is 25.2 Å². The number of hydrogen-bond acceptors (Lipinski definition) is 10. The molecule has 5 N–H and O–H groups in total. The van der Waals surface area contributed by atoms with Crippen molar-refractivity contribution >= 4 is 22.6 Å². The Hall–Kier alpha value is -1.20. The summed E-state index contributed by atoms with van der Waals surface area (Å²) in [6.07, 6.45) is -5.89. The molecule has 3 rings (SSSR count). The molecule has 12 heteroatoms. The lowest BCUT2D eigenvalue weighted by Gasteiger charge is -2.45. The van der Waals surface area contributed by atoms with Gasteiger partial charge in [-0.05, 0) is 51.3 Å². The summed E-state index contributed by atoms with van der Waals surface area (Å²) in [7, 11) is -3.58. The molecule has 0 amide bonds. The molecule has 1 aromatic carbocycles. The Morgan fingerprint density at radius 3 is 1.97 bits per heavy atom. The Bertz CT molecular complexity index is 904. The molecule has 0 radical (unpaired) electrons. The van der Waals surface area contributed by atoms with Crippen LogP contribution in [0.3, 0.4) is 0 Å². The van der Waals surface area contributed by atoms with Crippen LogP contribution in [-0.2, 0) is 29.5 Å². The molecule has 2 aliphatic rings. The predicted octanol–water partition coefficient (Wildman–Crippen LogP) is 1.79. The largest absolute Gasteiger partial charge is 0.460 e. The Morgan fingerprint density at radius 2 is 1.49 bits per heavy atom. The van der Waals surface area contributed by atoms with Crippen molar-refractivity contribution in [3.05, 3.63) is 35.9 Å². The van der Waals surface area contributed by atoms with Gasteiger partial charge in [0.15, 0.2) is 28.5 Å². The highest BCUT2D eigenvalue weighted by atomic mass is 28.4. The Morgan fingerprint density at radius 1 is 0.923 bits per heavy atom. The predicted molar refractivity (Wildman–Crippen MR) is 151 cm³/mol. The third kappa shape index (κ3) is 9.42. The molecule has 1 aromatic rings. The topological polar surface area (TPSA) is 155 Å². The number of hydrogen-bond donors (Lipinski definition) is 5. The van der Waals surface area contributed by atoms with Crippen LogP contribution < -0.4 is 0 Å². The molecule has 224 valence electrons. The van der Waals surface area contributed by atoms with Crippen LogP contribution in [0.25, 0.3) is 0 Å². The third-order valence-corrected chi connectivity index (χ3v) is 8.57. The van der Waals surface area contributed by atoms with Crippen molar-refractivity contribution in [3.8, 4) is 0 Å². The van der Waals surface area contributed by atoms with E-state index in [1.54, 1.807) is 30.3 Å². The van der Waals surface area contributed by atoms with Crippen LogP contribution in [0.5, 0.6) is 0 Å². The quantitative estimate of drug-likeness (QED) is 0.224. The fourth-order valence-corrected chi connectivity index (χ4v) is 6.88. The van der Waals surface area contributed by atoms with Crippen LogP contribution in [0.4, 0.5) is 0 Å². The minimum atomic E-state index is -2.05. The Labute approximate surface area is 234 Å². The Kier molecular flexibility index (Phi) is 11.9. The molecular weight excluding hydrogens is 540 g/mol.